The van der Waals surface area contributed by atoms with Gasteiger partial charge in [-0.1, -0.05) is 42.8 Å². The summed E-state index contributed by atoms with van der Waals surface area (Å²) in [5.41, 5.74) is 14.8. The molecule has 2 amide bonds. The first-order valence-corrected chi connectivity index (χ1v) is 19.9. The number of nitrogens with zero attached hydrogens (tertiary/aromatic N) is 6. The first kappa shape index (κ1) is 40.8. The second-order valence-electron chi connectivity index (χ2n) is 15.2. The molecular weight excluding hydrogens is 724 g/mol. The summed E-state index contributed by atoms with van der Waals surface area (Å²) in [5, 5.41) is 10.1. The number of rotatable bonds is 16. The summed E-state index contributed by atoms with van der Waals surface area (Å²) in [5.74, 6) is -0.805. The number of hydrogen-bond acceptors (Lipinski definition) is 8. The molecule has 56 heavy (non-hydrogen) atoms. The predicted molar refractivity (Wildman–Crippen MR) is 225 cm³/mol. The van der Waals surface area contributed by atoms with Crippen molar-refractivity contribution in [2.45, 2.75) is 72.3 Å². The number of anilines is 1. The van der Waals surface area contributed by atoms with Gasteiger partial charge in [-0.05, 0) is 113 Å². The molecule has 296 valence electrons. The molecule has 12 heteroatoms. The molecule has 0 saturated carbocycles. The van der Waals surface area contributed by atoms with E-state index in [1.54, 1.807) is 12.1 Å². The number of fused-ring (bicyclic) bond motifs is 1. The minimum Gasteiger partial charge on any atom is -0.381 e. The Bertz CT molecular complexity index is 2180. The third-order valence-corrected chi connectivity index (χ3v) is 10.8. The number of amides is 2. The van der Waals surface area contributed by atoms with Crippen LogP contribution in [0.2, 0.25) is 5.02 Å². The third-order valence-electron chi connectivity index (χ3n) is 10.4. The number of aryl methyl sites for hydroxylation is 3. The summed E-state index contributed by atoms with van der Waals surface area (Å²) in [6, 6.07) is 19.8. The molecule has 1 fully saturated rings. The zero-order valence-electron chi connectivity index (χ0n) is 33.6. The number of nitrogens with two attached hydrogens (primary N) is 1. The van der Waals surface area contributed by atoms with Gasteiger partial charge in [0.05, 0.1) is 23.8 Å². The molecule has 11 nitrogen and oxygen atoms in total. The standard InChI is InChI=1S/C44H55ClN8O3/c1-7-40-38(41(48-35-14-18-56-19-15-35)37-25-47-53(8-2)43(37)49-40)28-52(44(55)34-21-29(3)20-33(24-34)42(46)54)27-31-12-13-39(45)36(23-31)32-11-9-10-30(22-32)26-51(6)17-16-50(4)5/h9-13,20-25,35H,7-8,14-19,26-28H2,1-6H3,(H2,46,54)(H,48,49). The lowest BCUT2D eigenvalue weighted by atomic mass is 9.99. The van der Waals surface area contributed by atoms with Crippen molar-refractivity contribution in [2.75, 3.05) is 52.8 Å². The normalized spacial score (nSPS) is 13.5. The van der Waals surface area contributed by atoms with Crippen molar-refractivity contribution in [1.82, 2.24) is 29.5 Å². The largest absolute Gasteiger partial charge is 0.381 e. The van der Waals surface area contributed by atoms with Gasteiger partial charge >= 0.3 is 0 Å². The molecule has 3 aromatic carbocycles. The molecule has 1 aliphatic heterocycles. The SMILES string of the molecule is CCc1nc2c(cnn2CC)c(NC2CCOCC2)c1CN(Cc1ccc(Cl)c(-c2cccc(CN(C)CCN(C)C)c2)c1)C(=O)c1cc(C)cc(C(N)=O)c1. The lowest BCUT2D eigenvalue weighted by Crippen LogP contribution is -2.33. The summed E-state index contributed by atoms with van der Waals surface area (Å²) < 4.78 is 7.61. The molecule has 1 saturated heterocycles. The van der Waals surface area contributed by atoms with E-state index in [0.717, 1.165) is 82.7 Å². The zero-order chi connectivity index (χ0) is 39.9. The quantitative estimate of drug-likeness (QED) is 0.108. The van der Waals surface area contributed by atoms with Crippen molar-refractivity contribution < 1.29 is 14.3 Å². The maximum Gasteiger partial charge on any atom is 0.254 e. The van der Waals surface area contributed by atoms with E-state index >= 15 is 0 Å². The Morgan fingerprint density at radius 3 is 2.41 bits per heavy atom. The van der Waals surface area contributed by atoms with E-state index in [1.807, 2.05) is 40.9 Å². The average molecular weight is 779 g/mol. The molecule has 5 aromatic rings. The number of benzene rings is 3. The van der Waals surface area contributed by atoms with Gasteiger partial charge < -0.3 is 30.5 Å². The summed E-state index contributed by atoms with van der Waals surface area (Å²) in [6.45, 7) is 11.4. The molecule has 0 aliphatic carbocycles. The Balaban J connectivity index is 1.41. The Kier molecular flexibility index (Phi) is 13.4. The van der Waals surface area contributed by atoms with Gasteiger partial charge in [0.2, 0.25) is 5.91 Å². The molecule has 3 N–H and O–H groups in total. The number of hydrogen-bond donors (Lipinski definition) is 2. The Morgan fingerprint density at radius 1 is 0.946 bits per heavy atom. The highest BCUT2D eigenvalue weighted by atomic mass is 35.5. The molecule has 0 radical (unpaired) electrons. The van der Waals surface area contributed by atoms with Crippen LogP contribution in [0, 0.1) is 6.92 Å². The summed E-state index contributed by atoms with van der Waals surface area (Å²) in [7, 11) is 6.30. The van der Waals surface area contributed by atoms with Crippen LogP contribution in [0.1, 0.15) is 75.4 Å². The molecule has 0 unspecified atom stereocenters. The number of ether oxygens (including phenoxy) is 1. The van der Waals surface area contributed by atoms with Crippen molar-refractivity contribution in [3.63, 3.8) is 0 Å². The topological polar surface area (TPSA) is 122 Å². The maximum atomic E-state index is 14.8. The molecule has 0 spiro atoms. The van der Waals surface area contributed by atoms with Crippen LogP contribution in [0.15, 0.2) is 66.9 Å². The van der Waals surface area contributed by atoms with Crippen LogP contribution in [-0.2, 0) is 37.3 Å². The van der Waals surface area contributed by atoms with E-state index in [4.69, 9.17) is 27.1 Å². The van der Waals surface area contributed by atoms with Crippen molar-refractivity contribution in [3.8, 4) is 11.1 Å². The van der Waals surface area contributed by atoms with Crippen LogP contribution in [0.25, 0.3) is 22.2 Å². The maximum absolute atomic E-state index is 14.8. The first-order chi connectivity index (χ1) is 26.9. The van der Waals surface area contributed by atoms with E-state index in [2.05, 4.69) is 85.5 Å². The van der Waals surface area contributed by atoms with E-state index < -0.39 is 5.91 Å². The molecule has 3 heterocycles. The fourth-order valence-electron chi connectivity index (χ4n) is 7.41. The van der Waals surface area contributed by atoms with Crippen LogP contribution in [0.3, 0.4) is 0 Å². The van der Waals surface area contributed by atoms with E-state index in [-0.39, 0.29) is 25.0 Å². The average Bonchev–Trinajstić information content (AvgIpc) is 3.61. The lowest BCUT2D eigenvalue weighted by molar-refractivity contribution is 0.0729. The Morgan fingerprint density at radius 2 is 1.70 bits per heavy atom. The van der Waals surface area contributed by atoms with Gasteiger partial charge in [-0.3, -0.25) is 9.59 Å². The Labute approximate surface area is 335 Å². The predicted octanol–water partition coefficient (Wildman–Crippen LogP) is 7.17. The molecule has 2 aromatic heterocycles. The molecular formula is C44H55ClN8O3. The van der Waals surface area contributed by atoms with Crippen molar-refractivity contribution in [1.29, 1.82) is 0 Å². The van der Waals surface area contributed by atoms with E-state index in [1.165, 1.54) is 5.56 Å². The van der Waals surface area contributed by atoms with Gasteiger partial charge in [0.25, 0.3) is 5.91 Å². The van der Waals surface area contributed by atoms with Gasteiger partial charge in [0.15, 0.2) is 5.65 Å². The highest BCUT2D eigenvalue weighted by molar-refractivity contribution is 6.33. The number of carbonyl (C=O) groups excluding carboxylic acids is 2. The van der Waals surface area contributed by atoms with Crippen LogP contribution >= 0.6 is 11.6 Å². The molecule has 1 aliphatic rings. The van der Waals surface area contributed by atoms with Gasteiger partial charge in [0.1, 0.15) is 0 Å². The smallest absolute Gasteiger partial charge is 0.254 e. The molecule has 6 rings (SSSR count). The van der Waals surface area contributed by atoms with Gasteiger partial charge in [0, 0.05) is 84.9 Å². The number of pyridine rings is 1. The molecule has 0 bridgehead atoms. The number of carbonyl (C=O) groups is 2. The minimum atomic E-state index is -0.582. The first-order valence-electron chi connectivity index (χ1n) is 19.6. The van der Waals surface area contributed by atoms with Crippen molar-refractivity contribution in [2.24, 2.45) is 5.73 Å². The second-order valence-corrected chi connectivity index (χ2v) is 15.6. The monoisotopic (exact) mass is 778 g/mol. The number of primary amides is 1. The van der Waals surface area contributed by atoms with E-state index in [0.29, 0.717) is 42.3 Å². The second kappa shape index (κ2) is 18.4. The van der Waals surface area contributed by atoms with Crippen LogP contribution < -0.4 is 11.1 Å². The molecule has 0 atom stereocenters. The number of aromatic nitrogens is 3. The summed E-state index contributed by atoms with van der Waals surface area (Å²) in [6.07, 6.45) is 4.28. The minimum absolute atomic E-state index is 0.198. The highest BCUT2D eigenvalue weighted by Crippen LogP contribution is 2.34. The summed E-state index contributed by atoms with van der Waals surface area (Å²) >= 11 is 6.91. The highest BCUT2D eigenvalue weighted by Gasteiger charge is 2.26. The summed E-state index contributed by atoms with van der Waals surface area (Å²) in [4.78, 5) is 38.6. The van der Waals surface area contributed by atoms with Crippen LogP contribution in [0.4, 0.5) is 5.69 Å². The number of nitrogens with one attached hydrogen (secondary N) is 1. The zero-order valence-corrected chi connectivity index (χ0v) is 34.3. The lowest BCUT2D eigenvalue weighted by Gasteiger charge is -2.29. The van der Waals surface area contributed by atoms with Crippen molar-refractivity contribution >= 4 is 40.1 Å². The van der Waals surface area contributed by atoms with Gasteiger partial charge in [-0.15, -0.1) is 0 Å². The van der Waals surface area contributed by atoms with Gasteiger partial charge in [-0.25, -0.2) is 9.67 Å². The Hall–Kier alpha value is -4.81. The third kappa shape index (κ3) is 9.76. The van der Waals surface area contributed by atoms with Crippen LogP contribution in [0.5, 0.6) is 0 Å². The van der Waals surface area contributed by atoms with Gasteiger partial charge in [-0.2, -0.15) is 5.10 Å². The number of likely N-dealkylation sites (N-methyl/N-ethyl adjacent to an activating group) is 2. The fourth-order valence-corrected chi connectivity index (χ4v) is 7.64. The van der Waals surface area contributed by atoms with Crippen molar-refractivity contribution in [3.05, 3.63) is 111 Å². The van der Waals surface area contributed by atoms with E-state index in [9.17, 15) is 9.59 Å². The number of halogens is 1. The van der Waals surface area contributed by atoms with Crippen LogP contribution in [-0.4, -0.2) is 94.8 Å². The fraction of sp³-hybridized carbons (Fsp3) is 0.409.